The summed E-state index contributed by atoms with van der Waals surface area (Å²) in [5, 5.41) is 11.4. The topological polar surface area (TPSA) is 136 Å². The molecule has 0 spiro atoms. The largest absolute Gasteiger partial charge is 0.497 e. The Kier molecular flexibility index (Phi) is 7.56. The van der Waals surface area contributed by atoms with Crippen molar-refractivity contribution in [2.24, 2.45) is 10.9 Å². The molecule has 0 bridgehead atoms. The summed E-state index contributed by atoms with van der Waals surface area (Å²) < 4.78 is 25.1. The number of aliphatic hydroxyl groups is 1. The van der Waals surface area contributed by atoms with Crippen molar-refractivity contribution in [1.82, 2.24) is 24.4 Å². The summed E-state index contributed by atoms with van der Waals surface area (Å²) in [5.41, 5.74) is 2.59. The third-order valence-corrected chi connectivity index (χ3v) is 11.5. The Balaban J connectivity index is 1.19. The van der Waals surface area contributed by atoms with Crippen molar-refractivity contribution in [3.05, 3.63) is 112 Å². The summed E-state index contributed by atoms with van der Waals surface area (Å²) in [6.07, 6.45) is 2.29. The molecule has 49 heavy (non-hydrogen) atoms. The average molecular weight is 681 g/mol. The van der Waals surface area contributed by atoms with Crippen LogP contribution in [0.15, 0.2) is 95.0 Å². The van der Waals surface area contributed by atoms with Gasteiger partial charge in [0.15, 0.2) is 23.2 Å². The van der Waals surface area contributed by atoms with E-state index >= 15 is 0 Å². The fraction of sp³-hybridized carbons (Fsp3) is 0.333. The molecule has 1 saturated carbocycles. The Bertz CT molecular complexity index is 2040. The van der Waals surface area contributed by atoms with Gasteiger partial charge in [-0.1, -0.05) is 54.6 Å². The number of imidazole rings is 1. The number of aromatic amines is 1. The van der Waals surface area contributed by atoms with E-state index in [-0.39, 0.29) is 17.4 Å². The van der Waals surface area contributed by atoms with Crippen molar-refractivity contribution >= 4 is 35.2 Å². The average Bonchev–Trinajstić information content (AvgIpc) is 3.59. The van der Waals surface area contributed by atoms with Crippen LogP contribution in [0.25, 0.3) is 11.2 Å². The fourth-order valence-corrected chi connectivity index (χ4v) is 9.22. The minimum atomic E-state index is -1.28. The van der Waals surface area contributed by atoms with E-state index in [1.807, 2.05) is 56.6 Å². The molecule has 0 radical (unpaired) electrons. The van der Waals surface area contributed by atoms with Gasteiger partial charge in [-0.05, 0) is 41.0 Å². The second-order valence-electron chi connectivity index (χ2n) is 12.9. The van der Waals surface area contributed by atoms with Gasteiger partial charge in [0.2, 0.25) is 5.95 Å². The van der Waals surface area contributed by atoms with Crippen LogP contribution in [0.2, 0.25) is 0 Å². The lowest BCUT2D eigenvalue weighted by atomic mass is 9.60. The normalized spacial score (nSPS) is 25.5. The molecule has 2 saturated heterocycles. The van der Waals surface area contributed by atoms with Gasteiger partial charge in [-0.2, -0.15) is 4.98 Å². The van der Waals surface area contributed by atoms with E-state index in [2.05, 4.69) is 56.3 Å². The molecule has 5 atom stereocenters. The van der Waals surface area contributed by atoms with E-state index in [4.69, 9.17) is 18.9 Å². The lowest BCUT2D eigenvalue weighted by Crippen LogP contribution is -2.77. The smallest absolute Gasteiger partial charge is 0.280 e. The van der Waals surface area contributed by atoms with Gasteiger partial charge in [0, 0.05) is 26.3 Å². The lowest BCUT2D eigenvalue weighted by Gasteiger charge is -2.63. The molecule has 2 aliphatic heterocycles. The third kappa shape index (κ3) is 4.94. The first-order valence-corrected chi connectivity index (χ1v) is 16.9. The molecule has 2 N–H and O–H groups in total. The van der Waals surface area contributed by atoms with E-state index in [1.165, 1.54) is 0 Å². The van der Waals surface area contributed by atoms with Crippen molar-refractivity contribution in [3.8, 4) is 11.5 Å². The van der Waals surface area contributed by atoms with Gasteiger partial charge in [-0.15, -0.1) is 11.8 Å². The van der Waals surface area contributed by atoms with Gasteiger partial charge in [-0.25, -0.2) is 9.98 Å². The Morgan fingerprint density at radius 2 is 1.65 bits per heavy atom. The molecule has 3 aromatic carbocycles. The van der Waals surface area contributed by atoms with Crippen LogP contribution in [-0.2, 0) is 14.2 Å². The maximum absolute atomic E-state index is 12.9. The number of methoxy groups -OCH3 is 2. The summed E-state index contributed by atoms with van der Waals surface area (Å²) in [6.45, 7) is 0. The van der Waals surface area contributed by atoms with Gasteiger partial charge < -0.3 is 29.0 Å². The molecular weight excluding hydrogens is 644 g/mol. The van der Waals surface area contributed by atoms with Crippen molar-refractivity contribution in [1.29, 1.82) is 0 Å². The Hall–Kier alpha value is -4.69. The fourth-order valence-electron chi connectivity index (χ4n) is 7.50. The molecule has 13 heteroatoms. The van der Waals surface area contributed by atoms with Crippen LogP contribution in [0.4, 0.5) is 5.95 Å². The number of rotatable bonds is 11. The molecule has 0 amide bonds. The predicted molar refractivity (Wildman–Crippen MR) is 186 cm³/mol. The zero-order chi connectivity index (χ0) is 34.0. The molecule has 3 fully saturated rings. The maximum Gasteiger partial charge on any atom is 0.280 e. The number of H-pyrrole nitrogens is 1. The van der Waals surface area contributed by atoms with Gasteiger partial charge in [-0.3, -0.25) is 14.3 Å². The second-order valence-corrected chi connectivity index (χ2v) is 14.1. The van der Waals surface area contributed by atoms with E-state index in [0.717, 1.165) is 28.2 Å². The van der Waals surface area contributed by atoms with Crippen molar-refractivity contribution in [2.75, 3.05) is 34.1 Å². The van der Waals surface area contributed by atoms with E-state index in [1.54, 1.807) is 48.1 Å². The number of benzene rings is 3. The summed E-state index contributed by atoms with van der Waals surface area (Å²) in [6, 6.07) is 26.7. The van der Waals surface area contributed by atoms with Crippen molar-refractivity contribution in [3.63, 3.8) is 0 Å². The highest BCUT2D eigenvalue weighted by Gasteiger charge is 2.81. The molecule has 8 rings (SSSR count). The summed E-state index contributed by atoms with van der Waals surface area (Å²) >= 11 is 1.75. The number of nitrogens with zero attached hydrogens (tertiary/aromatic N) is 5. The van der Waals surface area contributed by atoms with Gasteiger partial charge in [0.1, 0.15) is 17.6 Å². The number of thioether (sulfide) groups is 1. The Morgan fingerprint density at radius 3 is 2.24 bits per heavy atom. The second kappa shape index (κ2) is 11.7. The molecule has 252 valence electrons. The molecular formula is C36H36N6O6S. The van der Waals surface area contributed by atoms with Crippen molar-refractivity contribution in [2.45, 2.75) is 34.9 Å². The summed E-state index contributed by atoms with van der Waals surface area (Å²) in [7, 11) is 6.97. The highest BCUT2D eigenvalue weighted by atomic mass is 32.2. The van der Waals surface area contributed by atoms with E-state index in [0.29, 0.717) is 17.8 Å². The molecule has 1 aliphatic carbocycles. The minimum absolute atomic E-state index is 0.150. The molecule has 4 heterocycles. The van der Waals surface area contributed by atoms with Crippen LogP contribution >= 0.6 is 11.8 Å². The number of hydrogen-bond acceptors (Lipinski definition) is 10. The zero-order valence-electron chi connectivity index (χ0n) is 27.4. The van der Waals surface area contributed by atoms with E-state index in [9.17, 15) is 9.90 Å². The highest BCUT2D eigenvalue weighted by molar-refractivity contribution is 8.00. The molecule has 2 aromatic heterocycles. The molecule has 12 nitrogen and oxygen atoms in total. The quantitative estimate of drug-likeness (QED) is 0.117. The van der Waals surface area contributed by atoms with Gasteiger partial charge in [0.05, 0.1) is 43.2 Å². The first-order chi connectivity index (χ1) is 23.7. The zero-order valence-corrected chi connectivity index (χ0v) is 28.3. The van der Waals surface area contributed by atoms with Crippen LogP contribution in [0.1, 0.15) is 29.3 Å². The van der Waals surface area contributed by atoms with Crippen LogP contribution < -0.4 is 15.0 Å². The van der Waals surface area contributed by atoms with Crippen LogP contribution in [0.5, 0.6) is 11.5 Å². The Morgan fingerprint density at radius 1 is 1.02 bits per heavy atom. The SMILES string of the molecule is COc1ccc(C(SC[C@]23CC4(O)OC(C42)[C@H](n2cnc4c(=O)[nH]c(/N=C/N(C)C)nc42)O3)(c2ccccc2)c2ccc(OC)cc2)cc1. The Labute approximate surface area is 286 Å². The van der Waals surface area contributed by atoms with Crippen LogP contribution in [-0.4, -0.2) is 87.4 Å². The number of hydrogen-bond donors (Lipinski definition) is 2. The number of aliphatic imine (C=N–C) groups is 1. The number of ether oxygens (including phenoxy) is 4. The first-order valence-electron chi connectivity index (χ1n) is 15.9. The third-order valence-electron chi connectivity index (χ3n) is 9.72. The standard InChI is InChI=1S/C36H36N6O6S/c1-41(2)20-38-33-39-30-27(31(43)40-33)37-21-42(30)32-28-29-34(48-32,18-35(29,44)47-28)19-49-36(22-8-6-5-7-9-22,23-10-14-25(45-3)15-11-23)24-12-16-26(46-4)17-13-24/h5-17,20-21,28-29,32,44H,18-19H2,1-4H3,(H,39,40,43)/b38-20+/t28?,29?,32-,34-,35?/m1/s1. The predicted octanol–water partition coefficient (Wildman–Crippen LogP) is 4.46. The summed E-state index contributed by atoms with van der Waals surface area (Å²) in [5.74, 6) is 0.640. The minimum Gasteiger partial charge on any atom is -0.497 e. The van der Waals surface area contributed by atoms with Crippen LogP contribution in [0.3, 0.4) is 0 Å². The molecule has 3 unspecified atom stereocenters. The number of nitrogens with one attached hydrogen (secondary N) is 1. The monoisotopic (exact) mass is 680 g/mol. The molecule has 3 aliphatic rings. The lowest BCUT2D eigenvalue weighted by molar-refractivity contribution is -0.427. The van der Waals surface area contributed by atoms with Gasteiger partial charge in [0.25, 0.3) is 5.56 Å². The first kappa shape index (κ1) is 31.6. The summed E-state index contributed by atoms with van der Waals surface area (Å²) in [4.78, 5) is 30.6. The molecule has 5 aromatic rings. The van der Waals surface area contributed by atoms with Crippen LogP contribution in [0, 0.1) is 5.92 Å². The number of aromatic nitrogens is 4. The van der Waals surface area contributed by atoms with E-state index < -0.39 is 34.0 Å². The number of fused-ring (bicyclic) bond motifs is 1. The van der Waals surface area contributed by atoms with Gasteiger partial charge >= 0.3 is 0 Å². The maximum atomic E-state index is 12.9. The van der Waals surface area contributed by atoms with Crippen molar-refractivity contribution < 1.29 is 24.1 Å². The highest BCUT2D eigenvalue weighted by Crippen LogP contribution is 2.70.